The second-order valence-corrected chi connectivity index (χ2v) is 5.68. The number of amides is 1. The summed E-state index contributed by atoms with van der Waals surface area (Å²) in [5, 5.41) is 13.8. The highest BCUT2D eigenvalue weighted by Gasteiger charge is 2.18. The van der Waals surface area contributed by atoms with E-state index in [1.54, 1.807) is 14.0 Å². The van der Waals surface area contributed by atoms with Crippen LogP contribution in [0.5, 0.6) is 0 Å². The number of esters is 1. The van der Waals surface area contributed by atoms with Gasteiger partial charge in [-0.3, -0.25) is 14.9 Å². The molecule has 0 saturated heterocycles. The van der Waals surface area contributed by atoms with Crippen molar-refractivity contribution in [2.24, 2.45) is 0 Å². The van der Waals surface area contributed by atoms with Gasteiger partial charge in [-0.2, -0.15) is 0 Å². The summed E-state index contributed by atoms with van der Waals surface area (Å²) in [6.07, 6.45) is 0. The highest BCUT2D eigenvalue weighted by atomic mass is 16.6. The SMILES string of the molecule is CCOC(=O)c1cc(C(=O)NCc2ccc(COC)cc2)cc([N+](=O)[O-])c1. The molecule has 0 aliphatic heterocycles. The van der Waals surface area contributed by atoms with Gasteiger partial charge in [-0.05, 0) is 24.1 Å². The minimum Gasteiger partial charge on any atom is -0.462 e. The molecule has 8 nitrogen and oxygen atoms in total. The zero-order chi connectivity index (χ0) is 19.8. The Kier molecular flexibility index (Phi) is 7.01. The molecule has 0 spiro atoms. The Morgan fingerprint density at radius 3 is 2.30 bits per heavy atom. The smallest absolute Gasteiger partial charge is 0.338 e. The zero-order valence-corrected chi connectivity index (χ0v) is 15.1. The summed E-state index contributed by atoms with van der Waals surface area (Å²) < 4.78 is 9.89. The first-order valence-electron chi connectivity index (χ1n) is 8.26. The quantitative estimate of drug-likeness (QED) is 0.434. The van der Waals surface area contributed by atoms with Crippen molar-refractivity contribution in [3.8, 4) is 0 Å². The van der Waals surface area contributed by atoms with Crippen LogP contribution in [-0.2, 0) is 22.6 Å². The molecule has 0 saturated carbocycles. The number of methoxy groups -OCH3 is 1. The number of rotatable bonds is 8. The van der Waals surface area contributed by atoms with Crippen LogP contribution >= 0.6 is 0 Å². The maximum atomic E-state index is 12.4. The molecule has 0 atom stereocenters. The van der Waals surface area contributed by atoms with E-state index in [1.807, 2.05) is 24.3 Å². The number of carbonyl (C=O) groups is 2. The Morgan fingerprint density at radius 1 is 1.07 bits per heavy atom. The first-order chi connectivity index (χ1) is 12.9. The van der Waals surface area contributed by atoms with Crippen LogP contribution in [0.25, 0.3) is 0 Å². The van der Waals surface area contributed by atoms with Gasteiger partial charge in [0, 0.05) is 31.4 Å². The topological polar surface area (TPSA) is 108 Å². The Balaban J connectivity index is 2.14. The second kappa shape index (κ2) is 9.44. The van der Waals surface area contributed by atoms with Crippen LogP contribution in [0.15, 0.2) is 42.5 Å². The van der Waals surface area contributed by atoms with Gasteiger partial charge in [0.15, 0.2) is 0 Å². The van der Waals surface area contributed by atoms with E-state index >= 15 is 0 Å². The molecule has 0 fully saturated rings. The molecule has 0 aromatic heterocycles. The lowest BCUT2D eigenvalue weighted by molar-refractivity contribution is -0.384. The van der Waals surface area contributed by atoms with Gasteiger partial charge in [0.05, 0.1) is 23.7 Å². The molecule has 0 aliphatic rings. The van der Waals surface area contributed by atoms with Crippen LogP contribution in [0.2, 0.25) is 0 Å². The molecule has 142 valence electrons. The Hall–Kier alpha value is -3.26. The van der Waals surface area contributed by atoms with Crippen molar-refractivity contribution in [2.75, 3.05) is 13.7 Å². The summed E-state index contributed by atoms with van der Waals surface area (Å²) in [5.74, 6) is -1.24. The van der Waals surface area contributed by atoms with Crippen molar-refractivity contribution < 1.29 is 24.0 Å². The molecule has 0 radical (unpaired) electrons. The highest BCUT2D eigenvalue weighted by Crippen LogP contribution is 2.18. The average molecular weight is 372 g/mol. The molecule has 0 aliphatic carbocycles. The monoisotopic (exact) mass is 372 g/mol. The van der Waals surface area contributed by atoms with Crippen LogP contribution < -0.4 is 5.32 Å². The van der Waals surface area contributed by atoms with E-state index < -0.39 is 16.8 Å². The predicted molar refractivity (Wildman–Crippen MR) is 97.4 cm³/mol. The van der Waals surface area contributed by atoms with Gasteiger partial charge in [0.25, 0.3) is 11.6 Å². The van der Waals surface area contributed by atoms with Gasteiger partial charge in [-0.25, -0.2) is 4.79 Å². The lowest BCUT2D eigenvalue weighted by Gasteiger charge is -2.08. The van der Waals surface area contributed by atoms with Crippen molar-refractivity contribution in [3.63, 3.8) is 0 Å². The van der Waals surface area contributed by atoms with Gasteiger partial charge in [0.2, 0.25) is 0 Å². The van der Waals surface area contributed by atoms with Crippen molar-refractivity contribution in [1.82, 2.24) is 5.32 Å². The number of carbonyl (C=O) groups excluding carboxylic acids is 2. The van der Waals surface area contributed by atoms with Gasteiger partial charge in [-0.15, -0.1) is 0 Å². The molecule has 1 amide bonds. The van der Waals surface area contributed by atoms with Crippen molar-refractivity contribution in [2.45, 2.75) is 20.1 Å². The third kappa shape index (κ3) is 5.61. The van der Waals surface area contributed by atoms with E-state index in [-0.39, 0.29) is 30.0 Å². The van der Waals surface area contributed by atoms with Crippen LogP contribution in [0.3, 0.4) is 0 Å². The van der Waals surface area contributed by atoms with Crippen molar-refractivity contribution in [1.29, 1.82) is 0 Å². The maximum Gasteiger partial charge on any atom is 0.338 e. The molecule has 0 unspecified atom stereocenters. The van der Waals surface area contributed by atoms with E-state index in [4.69, 9.17) is 9.47 Å². The number of ether oxygens (including phenoxy) is 2. The summed E-state index contributed by atoms with van der Waals surface area (Å²) >= 11 is 0. The van der Waals surface area contributed by atoms with E-state index in [2.05, 4.69) is 5.32 Å². The van der Waals surface area contributed by atoms with E-state index in [9.17, 15) is 19.7 Å². The summed E-state index contributed by atoms with van der Waals surface area (Å²) in [5.41, 5.74) is 1.49. The summed E-state index contributed by atoms with van der Waals surface area (Å²) in [6, 6.07) is 11.0. The number of benzene rings is 2. The van der Waals surface area contributed by atoms with E-state index in [0.717, 1.165) is 23.3 Å². The average Bonchev–Trinajstić information content (AvgIpc) is 2.67. The summed E-state index contributed by atoms with van der Waals surface area (Å²) in [6.45, 7) is 2.49. The standard InChI is InChI=1S/C19H20N2O6/c1-3-27-19(23)16-8-15(9-17(10-16)21(24)25)18(22)20-11-13-4-6-14(7-5-13)12-26-2/h4-10H,3,11-12H2,1-2H3,(H,20,22). The normalized spacial score (nSPS) is 10.3. The minimum atomic E-state index is -0.719. The highest BCUT2D eigenvalue weighted by molar-refractivity contribution is 5.99. The van der Waals surface area contributed by atoms with Crippen molar-refractivity contribution >= 4 is 17.6 Å². The minimum absolute atomic E-state index is 0.0169. The fourth-order valence-electron chi connectivity index (χ4n) is 2.38. The number of nitrogens with one attached hydrogen (secondary N) is 1. The van der Waals surface area contributed by atoms with Gasteiger partial charge < -0.3 is 14.8 Å². The van der Waals surface area contributed by atoms with Crippen molar-refractivity contribution in [3.05, 3.63) is 74.8 Å². The number of non-ortho nitro benzene ring substituents is 1. The molecule has 2 rings (SSSR count). The van der Waals surface area contributed by atoms with Crippen LogP contribution in [0.1, 0.15) is 38.8 Å². The van der Waals surface area contributed by atoms with Gasteiger partial charge in [-0.1, -0.05) is 24.3 Å². The van der Waals surface area contributed by atoms with Crippen LogP contribution in [0.4, 0.5) is 5.69 Å². The molecular weight excluding hydrogens is 352 g/mol. The second-order valence-electron chi connectivity index (χ2n) is 5.68. The van der Waals surface area contributed by atoms with Crippen LogP contribution in [0, 0.1) is 10.1 Å². The first kappa shape index (κ1) is 20.1. The summed E-state index contributed by atoms with van der Waals surface area (Å²) in [7, 11) is 1.61. The number of nitrogens with zero attached hydrogens (tertiary/aromatic N) is 1. The predicted octanol–water partition coefficient (Wildman–Crippen LogP) is 2.85. The number of nitro benzene ring substituents is 1. The molecule has 27 heavy (non-hydrogen) atoms. The molecular formula is C19H20N2O6. The molecule has 2 aromatic carbocycles. The third-order valence-corrected chi connectivity index (χ3v) is 3.69. The van der Waals surface area contributed by atoms with E-state index in [1.165, 1.54) is 6.07 Å². The number of hydrogen-bond donors (Lipinski definition) is 1. The molecule has 0 heterocycles. The van der Waals surface area contributed by atoms with Gasteiger partial charge in [0.1, 0.15) is 0 Å². The maximum absolute atomic E-state index is 12.4. The third-order valence-electron chi connectivity index (χ3n) is 3.69. The largest absolute Gasteiger partial charge is 0.462 e. The molecule has 1 N–H and O–H groups in total. The number of hydrogen-bond acceptors (Lipinski definition) is 6. The summed E-state index contributed by atoms with van der Waals surface area (Å²) in [4.78, 5) is 34.7. The van der Waals surface area contributed by atoms with E-state index in [0.29, 0.717) is 6.61 Å². The molecule has 2 aromatic rings. The first-order valence-corrected chi connectivity index (χ1v) is 8.26. The lowest BCUT2D eigenvalue weighted by Crippen LogP contribution is -2.23. The Labute approximate surface area is 156 Å². The van der Waals surface area contributed by atoms with Gasteiger partial charge >= 0.3 is 5.97 Å². The lowest BCUT2D eigenvalue weighted by atomic mass is 10.1. The fraction of sp³-hybridized carbons (Fsp3) is 0.263. The van der Waals surface area contributed by atoms with Crippen LogP contribution in [-0.4, -0.2) is 30.5 Å². The molecule has 0 bridgehead atoms. The molecule has 8 heteroatoms. The number of nitro groups is 1. The zero-order valence-electron chi connectivity index (χ0n) is 15.1. The Bertz CT molecular complexity index is 833. The Morgan fingerprint density at radius 2 is 1.70 bits per heavy atom. The fourth-order valence-corrected chi connectivity index (χ4v) is 2.38.